The highest BCUT2D eigenvalue weighted by atomic mass is 127. The van der Waals surface area contributed by atoms with Crippen LogP contribution in [0.1, 0.15) is 28.5 Å². The molecule has 0 atom stereocenters. The molecule has 1 aromatic carbocycles. The van der Waals surface area contributed by atoms with Gasteiger partial charge in [0.2, 0.25) is 0 Å². The number of nitrogens with zero attached hydrogens (tertiary/aromatic N) is 2. The first-order chi connectivity index (χ1) is 9.10. The van der Waals surface area contributed by atoms with Gasteiger partial charge in [0.05, 0.1) is 5.69 Å². The molecule has 0 aliphatic heterocycles. The number of hydrogen-bond donors (Lipinski definition) is 1. The summed E-state index contributed by atoms with van der Waals surface area (Å²) < 4.78 is 2.84. The minimum absolute atomic E-state index is 0.0515. The third kappa shape index (κ3) is 3.56. The van der Waals surface area contributed by atoms with E-state index in [1.807, 2.05) is 37.5 Å². The molecular weight excluding hydrogens is 353 g/mol. The van der Waals surface area contributed by atoms with Gasteiger partial charge in [0.1, 0.15) is 0 Å². The molecule has 1 heterocycles. The second-order valence-electron chi connectivity index (χ2n) is 4.32. The third-order valence-corrected chi connectivity index (χ3v) is 3.52. The van der Waals surface area contributed by atoms with E-state index in [1.165, 1.54) is 0 Å². The van der Waals surface area contributed by atoms with Crippen molar-refractivity contribution in [1.29, 1.82) is 0 Å². The lowest BCUT2D eigenvalue weighted by Crippen LogP contribution is -2.23. The molecule has 0 saturated heterocycles. The van der Waals surface area contributed by atoms with E-state index >= 15 is 0 Å². The molecule has 0 bridgehead atoms. The van der Waals surface area contributed by atoms with Crippen LogP contribution in [0.15, 0.2) is 30.5 Å². The maximum absolute atomic E-state index is 12.0. The van der Waals surface area contributed by atoms with E-state index in [2.05, 4.69) is 39.9 Å². The summed E-state index contributed by atoms with van der Waals surface area (Å²) in [4.78, 5) is 12.0. The molecule has 0 saturated carbocycles. The quantitative estimate of drug-likeness (QED) is 0.842. The van der Waals surface area contributed by atoms with Crippen molar-refractivity contribution in [3.63, 3.8) is 0 Å². The lowest BCUT2D eigenvalue weighted by Gasteiger charge is -2.05. The molecule has 5 heteroatoms. The fourth-order valence-electron chi connectivity index (χ4n) is 1.94. The molecular formula is C14H16IN3O. The SMILES string of the molecule is CCc1nn(C)cc1CNC(=O)c1cccc(I)c1. The van der Waals surface area contributed by atoms with Gasteiger partial charge in [-0.1, -0.05) is 13.0 Å². The van der Waals surface area contributed by atoms with Crippen LogP contribution in [0.2, 0.25) is 0 Å². The molecule has 1 N–H and O–H groups in total. The summed E-state index contributed by atoms with van der Waals surface area (Å²) in [5.74, 6) is -0.0515. The lowest BCUT2D eigenvalue weighted by atomic mass is 10.2. The second-order valence-corrected chi connectivity index (χ2v) is 5.57. The van der Waals surface area contributed by atoms with Gasteiger partial charge in [0.15, 0.2) is 0 Å². The van der Waals surface area contributed by atoms with Crippen molar-refractivity contribution in [3.8, 4) is 0 Å². The van der Waals surface area contributed by atoms with Crippen LogP contribution in [-0.2, 0) is 20.0 Å². The first-order valence-electron chi connectivity index (χ1n) is 6.15. The third-order valence-electron chi connectivity index (χ3n) is 2.85. The van der Waals surface area contributed by atoms with Crippen LogP contribution in [0.4, 0.5) is 0 Å². The number of rotatable bonds is 4. The smallest absolute Gasteiger partial charge is 0.251 e. The Morgan fingerprint density at radius 2 is 2.26 bits per heavy atom. The van der Waals surface area contributed by atoms with E-state index in [4.69, 9.17) is 0 Å². The highest BCUT2D eigenvalue weighted by Gasteiger charge is 2.09. The first-order valence-corrected chi connectivity index (χ1v) is 7.23. The number of aryl methyl sites for hydroxylation is 2. The predicted octanol–water partition coefficient (Wildman–Crippen LogP) is 2.52. The number of amides is 1. The Balaban J connectivity index is 2.04. The molecule has 0 fully saturated rings. The summed E-state index contributed by atoms with van der Waals surface area (Å²) in [6.07, 6.45) is 2.82. The van der Waals surface area contributed by atoms with Crippen molar-refractivity contribution in [2.75, 3.05) is 0 Å². The van der Waals surface area contributed by atoms with Crippen molar-refractivity contribution in [1.82, 2.24) is 15.1 Å². The van der Waals surface area contributed by atoms with Gasteiger partial charge in [-0.25, -0.2) is 0 Å². The van der Waals surface area contributed by atoms with Crippen LogP contribution in [0.3, 0.4) is 0 Å². The van der Waals surface area contributed by atoms with Crippen LogP contribution in [0.25, 0.3) is 0 Å². The second kappa shape index (κ2) is 6.18. The van der Waals surface area contributed by atoms with E-state index in [9.17, 15) is 4.79 Å². The largest absolute Gasteiger partial charge is 0.348 e. The maximum atomic E-state index is 12.0. The molecule has 1 aromatic heterocycles. The molecule has 0 radical (unpaired) electrons. The van der Waals surface area contributed by atoms with Gasteiger partial charge in [-0.15, -0.1) is 0 Å². The molecule has 19 heavy (non-hydrogen) atoms. The van der Waals surface area contributed by atoms with Crippen LogP contribution in [0, 0.1) is 3.57 Å². The highest BCUT2D eigenvalue weighted by Crippen LogP contribution is 2.09. The van der Waals surface area contributed by atoms with Crippen LogP contribution < -0.4 is 5.32 Å². The monoisotopic (exact) mass is 369 g/mol. The summed E-state index contributed by atoms with van der Waals surface area (Å²) in [5, 5.41) is 7.29. The lowest BCUT2D eigenvalue weighted by molar-refractivity contribution is 0.0951. The van der Waals surface area contributed by atoms with Crippen molar-refractivity contribution >= 4 is 28.5 Å². The number of carbonyl (C=O) groups excluding carboxylic acids is 1. The average molecular weight is 369 g/mol. The Morgan fingerprint density at radius 3 is 2.95 bits per heavy atom. The molecule has 4 nitrogen and oxygen atoms in total. The van der Waals surface area contributed by atoms with Crippen molar-refractivity contribution < 1.29 is 4.79 Å². The normalized spacial score (nSPS) is 10.5. The van der Waals surface area contributed by atoms with E-state index in [0.717, 1.165) is 21.2 Å². The fraction of sp³-hybridized carbons (Fsp3) is 0.286. The van der Waals surface area contributed by atoms with E-state index in [0.29, 0.717) is 12.1 Å². The zero-order valence-corrected chi connectivity index (χ0v) is 13.1. The summed E-state index contributed by atoms with van der Waals surface area (Å²) in [6, 6.07) is 7.55. The minimum atomic E-state index is -0.0515. The average Bonchev–Trinajstić information content (AvgIpc) is 2.76. The molecule has 0 spiro atoms. The van der Waals surface area contributed by atoms with Gasteiger partial charge >= 0.3 is 0 Å². The summed E-state index contributed by atoms with van der Waals surface area (Å²) in [5.41, 5.74) is 2.79. The van der Waals surface area contributed by atoms with Gasteiger partial charge in [-0.2, -0.15) is 5.10 Å². The summed E-state index contributed by atoms with van der Waals surface area (Å²) >= 11 is 2.20. The topological polar surface area (TPSA) is 46.9 Å². The number of nitrogens with one attached hydrogen (secondary N) is 1. The van der Waals surface area contributed by atoms with Crippen LogP contribution in [0.5, 0.6) is 0 Å². The number of carbonyl (C=O) groups is 1. The minimum Gasteiger partial charge on any atom is -0.348 e. The van der Waals surface area contributed by atoms with E-state index in [1.54, 1.807) is 4.68 Å². The number of benzene rings is 1. The van der Waals surface area contributed by atoms with Gasteiger partial charge in [0.25, 0.3) is 5.91 Å². The van der Waals surface area contributed by atoms with E-state index in [-0.39, 0.29) is 5.91 Å². The zero-order valence-electron chi connectivity index (χ0n) is 11.0. The molecule has 100 valence electrons. The Labute approximate surface area is 126 Å². The first kappa shape index (κ1) is 14.0. The zero-order chi connectivity index (χ0) is 13.8. The fourth-order valence-corrected chi connectivity index (χ4v) is 2.48. The Morgan fingerprint density at radius 1 is 1.47 bits per heavy atom. The molecule has 0 aliphatic carbocycles. The maximum Gasteiger partial charge on any atom is 0.251 e. The van der Waals surface area contributed by atoms with Gasteiger partial charge in [-0.05, 0) is 47.2 Å². The van der Waals surface area contributed by atoms with Crippen molar-refractivity contribution in [2.45, 2.75) is 19.9 Å². The highest BCUT2D eigenvalue weighted by molar-refractivity contribution is 14.1. The summed E-state index contributed by atoms with van der Waals surface area (Å²) in [6.45, 7) is 2.58. The van der Waals surface area contributed by atoms with Crippen LogP contribution >= 0.6 is 22.6 Å². The Kier molecular flexibility index (Phi) is 4.57. The Hall–Kier alpha value is -1.37. The van der Waals surface area contributed by atoms with Gasteiger partial charge in [0, 0.05) is 34.5 Å². The molecule has 0 unspecified atom stereocenters. The number of halogens is 1. The molecule has 1 amide bonds. The molecule has 2 rings (SSSR count). The van der Waals surface area contributed by atoms with Crippen molar-refractivity contribution in [3.05, 3.63) is 50.9 Å². The van der Waals surface area contributed by atoms with Gasteiger partial charge < -0.3 is 5.32 Å². The summed E-state index contributed by atoms with van der Waals surface area (Å²) in [7, 11) is 1.89. The number of hydrogen-bond acceptors (Lipinski definition) is 2. The van der Waals surface area contributed by atoms with E-state index < -0.39 is 0 Å². The van der Waals surface area contributed by atoms with Gasteiger partial charge in [-0.3, -0.25) is 9.48 Å². The molecule has 2 aromatic rings. The van der Waals surface area contributed by atoms with Crippen molar-refractivity contribution in [2.24, 2.45) is 7.05 Å². The predicted molar refractivity (Wildman–Crippen MR) is 82.9 cm³/mol. The molecule has 0 aliphatic rings. The number of aromatic nitrogens is 2. The van der Waals surface area contributed by atoms with Crippen LogP contribution in [-0.4, -0.2) is 15.7 Å². The standard InChI is InChI=1S/C14H16IN3O/c1-3-13-11(9-18(2)17-13)8-16-14(19)10-5-4-6-12(15)7-10/h4-7,9H,3,8H2,1-2H3,(H,16,19). The Bertz CT molecular complexity index is 592.